The molecular formula is C11H13Cl2N. The molecule has 1 heterocycles. The van der Waals surface area contributed by atoms with Crippen molar-refractivity contribution < 1.29 is 0 Å². The molecule has 0 bridgehead atoms. The van der Waals surface area contributed by atoms with Crippen molar-refractivity contribution in [3.05, 3.63) is 33.8 Å². The van der Waals surface area contributed by atoms with Crippen molar-refractivity contribution in [2.75, 3.05) is 6.54 Å². The van der Waals surface area contributed by atoms with E-state index in [0.717, 1.165) is 23.9 Å². The molecule has 1 aliphatic heterocycles. The first-order valence-corrected chi connectivity index (χ1v) is 5.60. The van der Waals surface area contributed by atoms with Crippen LogP contribution in [0.1, 0.15) is 24.9 Å². The zero-order valence-corrected chi connectivity index (χ0v) is 9.57. The Morgan fingerprint density at radius 2 is 2.14 bits per heavy atom. The van der Waals surface area contributed by atoms with Crippen LogP contribution in [0.5, 0.6) is 0 Å². The van der Waals surface area contributed by atoms with Gasteiger partial charge in [-0.1, -0.05) is 36.2 Å². The largest absolute Gasteiger partial charge is 0.310 e. The summed E-state index contributed by atoms with van der Waals surface area (Å²) in [5, 5.41) is 4.92. The molecule has 1 aliphatic rings. The fraction of sp³-hybridized carbons (Fsp3) is 0.455. The third-order valence-corrected chi connectivity index (χ3v) is 3.25. The Morgan fingerprint density at radius 1 is 1.36 bits per heavy atom. The summed E-state index contributed by atoms with van der Waals surface area (Å²) >= 11 is 12.0. The molecule has 1 N–H and O–H groups in total. The first-order chi connectivity index (χ1) is 6.66. The average molecular weight is 230 g/mol. The summed E-state index contributed by atoms with van der Waals surface area (Å²) in [6, 6.07) is 6.12. The minimum absolute atomic E-state index is 0.398. The predicted molar refractivity (Wildman–Crippen MR) is 61.0 cm³/mol. The van der Waals surface area contributed by atoms with Crippen molar-refractivity contribution in [1.29, 1.82) is 0 Å². The zero-order valence-electron chi connectivity index (χ0n) is 8.06. The molecule has 14 heavy (non-hydrogen) atoms. The van der Waals surface area contributed by atoms with E-state index in [0.29, 0.717) is 11.1 Å². The molecule has 2 atom stereocenters. The van der Waals surface area contributed by atoms with Crippen LogP contribution < -0.4 is 5.32 Å². The van der Waals surface area contributed by atoms with Gasteiger partial charge < -0.3 is 5.32 Å². The average Bonchev–Trinajstić information content (AvgIpc) is 2.51. The Bertz CT molecular complexity index is 338. The highest BCUT2D eigenvalue weighted by molar-refractivity contribution is 6.35. The summed E-state index contributed by atoms with van der Waals surface area (Å²) < 4.78 is 0. The summed E-state index contributed by atoms with van der Waals surface area (Å²) in [6.45, 7) is 3.32. The van der Waals surface area contributed by atoms with Gasteiger partial charge in [0.25, 0.3) is 0 Å². The van der Waals surface area contributed by atoms with Crippen molar-refractivity contribution in [2.24, 2.45) is 5.92 Å². The molecule has 1 aromatic carbocycles. The van der Waals surface area contributed by atoms with Gasteiger partial charge in [0, 0.05) is 16.1 Å². The second-order valence-electron chi connectivity index (χ2n) is 3.97. The SMILES string of the molecule is C[C@H]1CN[C@@H](c2ccc(Cl)cc2Cl)C1. The maximum atomic E-state index is 6.13. The van der Waals surface area contributed by atoms with Gasteiger partial charge in [-0.05, 0) is 36.6 Å². The predicted octanol–water partition coefficient (Wildman–Crippen LogP) is 3.66. The Labute approximate surface area is 94.4 Å². The molecule has 3 heteroatoms. The van der Waals surface area contributed by atoms with Gasteiger partial charge in [0.05, 0.1) is 0 Å². The van der Waals surface area contributed by atoms with Crippen molar-refractivity contribution in [3.8, 4) is 0 Å². The summed E-state index contributed by atoms with van der Waals surface area (Å²) in [5.74, 6) is 0.728. The van der Waals surface area contributed by atoms with Gasteiger partial charge in [-0.2, -0.15) is 0 Å². The van der Waals surface area contributed by atoms with E-state index in [-0.39, 0.29) is 0 Å². The summed E-state index contributed by atoms with van der Waals surface area (Å²) in [7, 11) is 0. The monoisotopic (exact) mass is 229 g/mol. The van der Waals surface area contributed by atoms with Crippen LogP contribution in [0.25, 0.3) is 0 Å². The molecule has 0 aliphatic carbocycles. The molecule has 1 saturated heterocycles. The van der Waals surface area contributed by atoms with Crippen LogP contribution in [0.2, 0.25) is 10.0 Å². The number of nitrogens with one attached hydrogen (secondary N) is 1. The Balaban J connectivity index is 2.24. The smallest absolute Gasteiger partial charge is 0.0468 e. The second-order valence-corrected chi connectivity index (χ2v) is 4.81. The van der Waals surface area contributed by atoms with Crippen LogP contribution in [0, 0.1) is 5.92 Å². The van der Waals surface area contributed by atoms with Crippen LogP contribution in [0.3, 0.4) is 0 Å². The highest BCUT2D eigenvalue weighted by Gasteiger charge is 2.23. The van der Waals surface area contributed by atoms with E-state index in [4.69, 9.17) is 23.2 Å². The lowest BCUT2D eigenvalue weighted by molar-refractivity contribution is 0.612. The third kappa shape index (κ3) is 2.05. The highest BCUT2D eigenvalue weighted by Crippen LogP contribution is 2.32. The number of benzene rings is 1. The molecule has 0 saturated carbocycles. The maximum Gasteiger partial charge on any atom is 0.0468 e. The second kappa shape index (κ2) is 4.09. The van der Waals surface area contributed by atoms with Crippen LogP contribution in [-0.2, 0) is 0 Å². The number of rotatable bonds is 1. The molecule has 0 radical (unpaired) electrons. The van der Waals surface area contributed by atoms with Gasteiger partial charge in [-0.3, -0.25) is 0 Å². The first kappa shape index (κ1) is 10.3. The topological polar surface area (TPSA) is 12.0 Å². The summed E-state index contributed by atoms with van der Waals surface area (Å²) in [4.78, 5) is 0. The lowest BCUT2D eigenvalue weighted by Gasteiger charge is -2.12. The van der Waals surface area contributed by atoms with E-state index in [9.17, 15) is 0 Å². The maximum absolute atomic E-state index is 6.13. The van der Waals surface area contributed by atoms with Crippen molar-refractivity contribution in [1.82, 2.24) is 5.32 Å². The molecule has 0 spiro atoms. The van der Waals surface area contributed by atoms with E-state index in [1.165, 1.54) is 5.56 Å². The van der Waals surface area contributed by atoms with Crippen molar-refractivity contribution >= 4 is 23.2 Å². The Morgan fingerprint density at radius 3 is 2.71 bits per heavy atom. The molecule has 1 aromatic rings. The normalized spacial score (nSPS) is 26.8. The van der Waals surface area contributed by atoms with Crippen LogP contribution in [0.15, 0.2) is 18.2 Å². The van der Waals surface area contributed by atoms with Crippen molar-refractivity contribution in [3.63, 3.8) is 0 Å². The molecule has 2 rings (SSSR count). The molecule has 0 aromatic heterocycles. The van der Waals surface area contributed by atoms with Gasteiger partial charge >= 0.3 is 0 Å². The molecule has 0 unspecified atom stereocenters. The fourth-order valence-corrected chi connectivity index (χ4v) is 2.47. The van der Waals surface area contributed by atoms with Gasteiger partial charge in [0.15, 0.2) is 0 Å². The zero-order chi connectivity index (χ0) is 10.1. The van der Waals surface area contributed by atoms with Gasteiger partial charge in [-0.15, -0.1) is 0 Å². The molecule has 1 fully saturated rings. The van der Waals surface area contributed by atoms with Crippen LogP contribution in [-0.4, -0.2) is 6.54 Å². The fourth-order valence-electron chi connectivity index (χ4n) is 1.93. The minimum atomic E-state index is 0.398. The lowest BCUT2D eigenvalue weighted by atomic mass is 10.0. The Kier molecular flexibility index (Phi) is 3.01. The van der Waals surface area contributed by atoms with Gasteiger partial charge in [0.2, 0.25) is 0 Å². The lowest BCUT2D eigenvalue weighted by Crippen LogP contribution is -2.13. The molecule has 1 nitrogen and oxygen atoms in total. The molecule has 0 amide bonds. The molecule has 76 valence electrons. The molecular weight excluding hydrogens is 217 g/mol. The highest BCUT2D eigenvalue weighted by atomic mass is 35.5. The van der Waals surface area contributed by atoms with Crippen molar-refractivity contribution in [2.45, 2.75) is 19.4 Å². The number of hydrogen-bond donors (Lipinski definition) is 1. The minimum Gasteiger partial charge on any atom is -0.310 e. The summed E-state index contributed by atoms with van der Waals surface area (Å²) in [6.07, 6.45) is 1.15. The van der Waals surface area contributed by atoms with E-state index in [2.05, 4.69) is 12.2 Å². The van der Waals surface area contributed by atoms with E-state index >= 15 is 0 Å². The third-order valence-electron chi connectivity index (χ3n) is 2.69. The van der Waals surface area contributed by atoms with Gasteiger partial charge in [-0.25, -0.2) is 0 Å². The number of halogens is 2. The summed E-state index contributed by atoms with van der Waals surface area (Å²) in [5.41, 5.74) is 1.17. The standard InChI is InChI=1S/C11H13Cl2N/c1-7-4-11(14-6-7)9-3-2-8(12)5-10(9)13/h2-3,5,7,11,14H,4,6H2,1H3/t7-,11-/m1/s1. The van der Waals surface area contributed by atoms with Gasteiger partial charge in [0.1, 0.15) is 0 Å². The number of hydrogen-bond acceptors (Lipinski definition) is 1. The van der Waals surface area contributed by atoms with E-state index in [1.807, 2.05) is 18.2 Å². The first-order valence-electron chi connectivity index (χ1n) is 4.85. The van der Waals surface area contributed by atoms with E-state index in [1.54, 1.807) is 0 Å². The van der Waals surface area contributed by atoms with Crippen LogP contribution >= 0.6 is 23.2 Å². The Hall–Kier alpha value is -0.240. The van der Waals surface area contributed by atoms with E-state index < -0.39 is 0 Å². The quantitative estimate of drug-likeness (QED) is 0.776. The van der Waals surface area contributed by atoms with Crippen LogP contribution in [0.4, 0.5) is 0 Å².